The van der Waals surface area contributed by atoms with Gasteiger partial charge in [0, 0.05) is 0 Å². The van der Waals surface area contributed by atoms with Crippen LogP contribution in [-0.4, -0.2) is 0 Å². The van der Waals surface area contributed by atoms with Gasteiger partial charge in [-0.25, -0.2) is 0 Å². The summed E-state index contributed by atoms with van der Waals surface area (Å²) in [6, 6.07) is 21.7. The fraction of sp³-hybridized carbons (Fsp3) is 0.200. The van der Waals surface area contributed by atoms with Gasteiger partial charge in [-0.15, -0.1) is 0 Å². The van der Waals surface area contributed by atoms with Crippen molar-refractivity contribution < 1.29 is 4.52 Å². The second-order valence-corrected chi connectivity index (χ2v) is 5.88. The molecule has 3 aromatic carbocycles. The second-order valence-electron chi connectivity index (χ2n) is 5.64. The van der Waals surface area contributed by atoms with Gasteiger partial charge in [-0.2, -0.15) is 0 Å². The minimum Gasteiger partial charge on any atom is -0.480 e. The third-order valence-electron chi connectivity index (χ3n) is 4.05. The maximum atomic E-state index is 5.14. The highest BCUT2D eigenvalue weighted by Crippen LogP contribution is 2.27. The molecule has 3 rings (SSSR count). The third-order valence-corrected chi connectivity index (χ3v) is 4.32. The molecule has 1 unspecified atom stereocenters. The first-order valence-corrected chi connectivity index (χ1v) is 8.27. The number of fused-ring (bicyclic) bond motifs is 1. The molecule has 0 aliphatic heterocycles. The highest BCUT2D eigenvalue weighted by Gasteiger charge is 2.02. The summed E-state index contributed by atoms with van der Waals surface area (Å²) in [5, 5.41) is 2.62. The minimum atomic E-state index is 0.857. The van der Waals surface area contributed by atoms with E-state index in [2.05, 4.69) is 64.9 Å². The summed E-state index contributed by atoms with van der Waals surface area (Å²) in [6.07, 6.45) is 3.67. The maximum Gasteiger partial charge on any atom is 0.122 e. The van der Waals surface area contributed by atoms with Gasteiger partial charge in [-0.05, 0) is 58.5 Å². The monoisotopic (exact) mass is 308 g/mol. The van der Waals surface area contributed by atoms with Crippen molar-refractivity contribution in [3.63, 3.8) is 0 Å². The number of benzene rings is 3. The van der Waals surface area contributed by atoms with Crippen LogP contribution in [0.5, 0.6) is 5.75 Å². The van der Waals surface area contributed by atoms with E-state index in [1.54, 1.807) is 0 Å². The Morgan fingerprint density at radius 2 is 1.50 bits per heavy atom. The van der Waals surface area contributed by atoms with Crippen molar-refractivity contribution in [2.75, 3.05) is 0 Å². The number of aryl methyl sites for hydroxylation is 1. The summed E-state index contributed by atoms with van der Waals surface area (Å²) >= 11 is 0. The molecular formula is C20H21OP. The molecule has 0 heterocycles. The molecule has 2 heteroatoms. The Balaban J connectivity index is 1.91. The lowest BCUT2D eigenvalue weighted by Gasteiger charge is -2.07. The first kappa shape index (κ1) is 15.1. The zero-order valence-corrected chi connectivity index (χ0v) is 14.0. The molecule has 0 radical (unpaired) electrons. The number of hydrogen-bond acceptors (Lipinski definition) is 1. The van der Waals surface area contributed by atoms with E-state index in [0.717, 1.165) is 5.75 Å². The van der Waals surface area contributed by atoms with Crippen LogP contribution in [0, 0.1) is 0 Å². The quantitative estimate of drug-likeness (QED) is 0.524. The standard InChI is InChI=1S/C20H21OP/c1-2-3-4-15-5-6-19-14-18(8-7-17(19)13-15)16-9-11-20(21-22)12-10-16/h5-14H,2-4,22H2,1H3. The van der Waals surface area contributed by atoms with Gasteiger partial charge < -0.3 is 4.52 Å². The van der Waals surface area contributed by atoms with E-state index in [1.807, 2.05) is 12.1 Å². The molecule has 0 aliphatic rings. The van der Waals surface area contributed by atoms with Crippen molar-refractivity contribution in [2.24, 2.45) is 0 Å². The molecule has 112 valence electrons. The fourth-order valence-electron chi connectivity index (χ4n) is 2.74. The second kappa shape index (κ2) is 6.94. The molecule has 0 aliphatic carbocycles. The Morgan fingerprint density at radius 1 is 0.818 bits per heavy atom. The first-order chi connectivity index (χ1) is 10.8. The van der Waals surface area contributed by atoms with Crippen molar-refractivity contribution in [3.05, 3.63) is 66.2 Å². The number of hydrogen-bond donors (Lipinski definition) is 0. The summed E-state index contributed by atoms with van der Waals surface area (Å²) < 4.78 is 5.14. The van der Waals surface area contributed by atoms with Crippen LogP contribution >= 0.6 is 9.47 Å². The predicted molar refractivity (Wildman–Crippen MR) is 98.3 cm³/mol. The Morgan fingerprint density at radius 3 is 2.23 bits per heavy atom. The third kappa shape index (κ3) is 3.31. The Labute approximate surface area is 134 Å². The molecule has 1 nitrogen and oxygen atoms in total. The Hall–Kier alpha value is -1.85. The zero-order chi connectivity index (χ0) is 15.4. The summed E-state index contributed by atoms with van der Waals surface area (Å²) in [4.78, 5) is 0. The van der Waals surface area contributed by atoms with Gasteiger partial charge in [0.05, 0.1) is 9.47 Å². The van der Waals surface area contributed by atoms with Crippen LogP contribution in [0.3, 0.4) is 0 Å². The predicted octanol–water partition coefficient (Wildman–Crippen LogP) is 6.02. The molecule has 0 N–H and O–H groups in total. The SMILES string of the molecule is CCCCc1ccc2cc(-c3ccc(OP)cc3)ccc2c1. The molecule has 0 amide bonds. The van der Waals surface area contributed by atoms with Crippen LogP contribution in [0.15, 0.2) is 60.7 Å². The molecule has 0 spiro atoms. The minimum absolute atomic E-state index is 0.857. The van der Waals surface area contributed by atoms with Crippen molar-refractivity contribution in [1.29, 1.82) is 0 Å². The van der Waals surface area contributed by atoms with Gasteiger partial charge in [-0.1, -0.05) is 55.8 Å². The van der Waals surface area contributed by atoms with Crippen molar-refractivity contribution in [3.8, 4) is 16.9 Å². The number of unbranched alkanes of at least 4 members (excludes halogenated alkanes) is 1. The van der Waals surface area contributed by atoms with Crippen LogP contribution in [0.4, 0.5) is 0 Å². The van der Waals surface area contributed by atoms with E-state index in [9.17, 15) is 0 Å². The molecule has 22 heavy (non-hydrogen) atoms. The molecule has 0 bridgehead atoms. The molecule has 3 aromatic rings. The molecule has 0 saturated carbocycles. The van der Waals surface area contributed by atoms with Gasteiger partial charge in [0.2, 0.25) is 0 Å². The molecule has 0 saturated heterocycles. The molecule has 1 atom stereocenters. The van der Waals surface area contributed by atoms with Crippen LogP contribution in [-0.2, 0) is 6.42 Å². The van der Waals surface area contributed by atoms with E-state index >= 15 is 0 Å². The van der Waals surface area contributed by atoms with E-state index in [0.29, 0.717) is 0 Å². The van der Waals surface area contributed by atoms with Gasteiger partial charge in [0.15, 0.2) is 0 Å². The highest BCUT2D eigenvalue weighted by atomic mass is 31.0. The summed E-state index contributed by atoms with van der Waals surface area (Å²) in [7, 11) is 2.27. The van der Waals surface area contributed by atoms with Gasteiger partial charge in [0.25, 0.3) is 0 Å². The average Bonchev–Trinajstić information content (AvgIpc) is 2.59. The highest BCUT2D eigenvalue weighted by molar-refractivity contribution is 7.10. The molecule has 0 fully saturated rings. The summed E-state index contributed by atoms with van der Waals surface area (Å²) in [6.45, 7) is 2.24. The summed E-state index contributed by atoms with van der Waals surface area (Å²) in [5.74, 6) is 0.857. The van der Waals surface area contributed by atoms with Crippen molar-refractivity contribution in [1.82, 2.24) is 0 Å². The van der Waals surface area contributed by atoms with E-state index in [1.165, 1.54) is 46.7 Å². The topological polar surface area (TPSA) is 9.23 Å². The fourth-order valence-corrected chi connectivity index (χ4v) is 2.89. The summed E-state index contributed by atoms with van der Waals surface area (Å²) in [5.41, 5.74) is 3.89. The zero-order valence-electron chi connectivity index (χ0n) is 12.9. The Kier molecular flexibility index (Phi) is 4.75. The number of rotatable bonds is 5. The lowest BCUT2D eigenvalue weighted by Crippen LogP contribution is -1.85. The lowest BCUT2D eigenvalue weighted by molar-refractivity contribution is 0.646. The van der Waals surface area contributed by atoms with E-state index in [-0.39, 0.29) is 0 Å². The van der Waals surface area contributed by atoms with Gasteiger partial charge >= 0.3 is 0 Å². The van der Waals surface area contributed by atoms with Gasteiger partial charge in [0.1, 0.15) is 5.75 Å². The van der Waals surface area contributed by atoms with Crippen LogP contribution in [0.2, 0.25) is 0 Å². The lowest BCUT2D eigenvalue weighted by atomic mass is 9.98. The van der Waals surface area contributed by atoms with E-state index < -0.39 is 0 Å². The molecular weight excluding hydrogens is 287 g/mol. The Bertz CT molecular complexity index is 762. The van der Waals surface area contributed by atoms with Gasteiger partial charge in [-0.3, -0.25) is 0 Å². The van der Waals surface area contributed by atoms with Crippen molar-refractivity contribution in [2.45, 2.75) is 26.2 Å². The molecule has 0 aromatic heterocycles. The maximum absolute atomic E-state index is 5.14. The smallest absolute Gasteiger partial charge is 0.122 e. The average molecular weight is 308 g/mol. The van der Waals surface area contributed by atoms with E-state index in [4.69, 9.17) is 4.52 Å². The van der Waals surface area contributed by atoms with Crippen LogP contribution in [0.1, 0.15) is 25.3 Å². The van der Waals surface area contributed by atoms with Crippen molar-refractivity contribution >= 4 is 20.2 Å². The van der Waals surface area contributed by atoms with Crippen LogP contribution in [0.25, 0.3) is 21.9 Å². The largest absolute Gasteiger partial charge is 0.480 e. The van der Waals surface area contributed by atoms with Crippen LogP contribution < -0.4 is 4.52 Å². The first-order valence-electron chi connectivity index (χ1n) is 7.80. The normalized spacial score (nSPS) is 10.8.